The Labute approximate surface area is 155 Å². The quantitative estimate of drug-likeness (QED) is 0.405. The Bertz CT molecular complexity index is 664. The van der Waals surface area contributed by atoms with Crippen molar-refractivity contribution >= 4 is 63.5 Å². The summed E-state index contributed by atoms with van der Waals surface area (Å²) in [5, 5.41) is 13.8. The Balaban J connectivity index is 1.87. The second-order valence-corrected chi connectivity index (χ2v) is 10.3. The van der Waals surface area contributed by atoms with E-state index in [1.807, 2.05) is 5.38 Å². The van der Waals surface area contributed by atoms with E-state index in [2.05, 4.69) is 27.9 Å². The minimum atomic E-state index is -1.04. The van der Waals surface area contributed by atoms with Gasteiger partial charge in [-0.3, -0.25) is 9.59 Å². The first kappa shape index (κ1) is 17.0. The minimum absolute atomic E-state index is 0.138. The van der Waals surface area contributed by atoms with Gasteiger partial charge < -0.3 is 15.3 Å². The number of fused-ring (bicyclic) bond motifs is 1. The van der Waals surface area contributed by atoms with Gasteiger partial charge in [0.25, 0.3) is 5.91 Å². The van der Waals surface area contributed by atoms with E-state index in [4.69, 9.17) is 0 Å². The third-order valence-electron chi connectivity index (χ3n) is 4.19. The number of alkyl halides is 1. The molecule has 1 aromatic heterocycles. The maximum atomic E-state index is 12.3. The molecule has 5 atom stereocenters. The zero-order valence-electron chi connectivity index (χ0n) is 12.4. The lowest BCUT2D eigenvalue weighted by molar-refractivity contribution is -0.165. The number of hydrogen-bond acceptors (Lipinski definition) is 5. The van der Waals surface area contributed by atoms with Crippen LogP contribution in [0.5, 0.6) is 0 Å². The van der Waals surface area contributed by atoms with Gasteiger partial charge in [-0.1, -0.05) is 35.6 Å². The highest BCUT2D eigenvalue weighted by Gasteiger charge is 2.62. The van der Waals surface area contributed by atoms with E-state index in [0.29, 0.717) is 4.88 Å². The van der Waals surface area contributed by atoms with Crippen LogP contribution in [-0.2, 0) is 9.59 Å². The number of carbonyl (C=O) groups is 3. The van der Waals surface area contributed by atoms with Crippen molar-refractivity contribution < 1.29 is 19.5 Å². The molecule has 6 nitrogen and oxygen atoms in total. The molecule has 0 saturated carbocycles. The Hall–Kier alpha value is -0.810. The van der Waals surface area contributed by atoms with E-state index in [0.717, 1.165) is 0 Å². The number of nitrogens with one attached hydrogen (secondary N) is 1. The molecule has 2 amide bonds. The van der Waals surface area contributed by atoms with Crippen LogP contribution < -0.4 is 5.32 Å². The molecule has 0 aromatic carbocycles. The minimum Gasteiger partial charge on any atom is -0.480 e. The van der Waals surface area contributed by atoms with E-state index >= 15 is 0 Å². The van der Waals surface area contributed by atoms with Crippen LogP contribution in [-0.4, -0.2) is 48.0 Å². The van der Waals surface area contributed by atoms with Crippen molar-refractivity contribution in [1.29, 1.82) is 0 Å². The van der Waals surface area contributed by atoms with Gasteiger partial charge in [-0.05, 0) is 18.4 Å². The molecule has 23 heavy (non-hydrogen) atoms. The van der Waals surface area contributed by atoms with Gasteiger partial charge in [0.1, 0.15) is 6.04 Å². The largest absolute Gasteiger partial charge is 0.480 e. The molecule has 124 valence electrons. The average Bonchev–Trinajstić information content (AvgIpc) is 3.01. The molecular formula is C14H15IN2O4S2. The van der Waals surface area contributed by atoms with Crippen molar-refractivity contribution in [2.75, 3.05) is 0 Å². The fourth-order valence-corrected chi connectivity index (χ4v) is 6.27. The molecule has 4 unspecified atom stereocenters. The number of carboxylic acids is 1. The maximum Gasteiger partial charge on any atom is 0.327 e. The smallest absolute Gasteiger partial charge is 0.327 e. The summed E-state index contributed by atoms with van der Waals surface area (Å²) in [5.74, 6) is -1.62. The van der Waals surface area contributed by atoms with Crippen molar-refractivity contribution in [2.45, 2.75) is 34.1 Å². The van der Waals surface area contributed by atoms with Gasteiger partial charge >= 0.3 is 5.97 Å². The van der Waals surface area contributed by atoms with Crippen molar-refractivity contribution in [3.63, 3.8) is 0 Å². The standard InChI is InChI=1S/C14H15IN2O4S2/c1-6-10(19)17-8(12(20)21)14(2,15)13(23-11(6)17)16-9(18)7-4-3-5-22-7/h3-6,8,11,13H,1-2H3,(H,16,18)(H,20,21)/t6?,8?,11-,13?,14?/m1/s1. The number of carbonyl (C=O) groups excluding carboxylic acids is 2. The molecule has 0 aliphatic carbocycles. The lowest BCUT2D eigenvalue weighted by atomic mass is 9.90. The van der Waals surface area contributed by atoms with E-state index < -0.39 is 20.8 Å². The number of rotatable bonds is 3. The number of β-lactam (4-membered cyclic amide) rings is 1. The molecule has 3 heterocycles. The summed E-state index contributed by atoms with van der Waals surface area (Å²) >= 11 is 4.84. The number of nitrogens with zero attached hydrogens (tertiary/aromatic N) is 1. The van der Waals surface area contributed by atoms with Crippen LogP contribution in [0.4, 0.5) is 0 Å². The van der Waals surface area contributed by atoms with Crippen LogP contribution in [0.15, 0.2) is 17.5 Å². The number of halogens is 1. The van der Waals surface area contributed by atoms with Crippen LogP contribution >= 0.6 is 45.7 Å². The SMILES string of the molecule is CC1C(=O)N2C(C(=O)O)C(C)(I)C(NC(=O)c3cccs3)S[C@H]12. The summed E-state index contributed by atoms with van der Waals surface area (Å²) in [7, 11) is 0. The van der Waals surface area contributed by atoms with Gasteiger partial charge in [0.15, 0.2) is 0 Å². The zero-order chi connectivity index (χ0) is 16.9. The summed E-state index contributed by atoms with van der Waals surface area (Å²) in [6, 6.07) is 2.58. The lowest BCUT2D eigenvalue weighted by Gasteiger charge is -2.58. The Kier molecular flexibility index (Phi) is 4.38. The zero-order valence-corrected chi connectivity index (χ0v) is 16.1. The van der Waals surface area contributed by atoms with Gasteiger partial charge in [0.05, 0.1) is 25.0 Å². The summed E-state index contributed by atoms with van der Waals surface area (Å²) in [5.41, 5.74) is 0. The number of hydrogen-bond donors (Lipinski definition) is 2. The van der Waals surface area contributed by atoms with E-state index in [1.165, 1.54) is 28.0 Å². The summed E-state index contributed by atoms with van der Waals surface area (Å²) < 4.78 is -0.812. The van der Waals surface area contributed by atoms with Crippen molar-refractivity contribution in [1.82, 2.24) is 10.2 Å². The third kappa shape index (κ3) is 2.66. The first-order valence-corrected chi connectivity index (χ1v) is 9.89. The first-order valence-electron chi connectivity index (χ1n) is 6.99. The van der Waals surface area contributed by atoms with Gasteiger partial charge in [0, 0.05) is 0 Å². The van der Waals surface area contributed by atoms with Gasteiger partial charge in [-0.15, -0.1) is 23.1 Å². The normalized spacial score (nSPS) is 36.1. The Morgan fingerprint density at radius 1 is 1.48 bits per heavy atom. The van der Waals surface area contributed by atoms with E-state index in [-0.39, 0.29) is 23.1 Å². The van der Waals surface area contributed by atoms with Crippen molar-refractivity contribution in [2.24, 2.45) is 5.92 Å². The molecule has 0 spiro atoms. The second kappa shape index (κ2) is 5.92. The fourth-order valence-electron chi connectivity index (χ4n) is 2.92. The monoisotopic (exact) mass is 466 g/mol. The van der Waals surface area contributed by atoms with Crippen LogP contribution in [0.25, 0.3) is 0 Å². The molecule has 3 rings (SSSR count). The van der Waals surface area contributed by atoms with Crippen molar-refractivity contribution in [3.05, 3.63) is 22.4 Å². The molecule has 0 radical (unpaired) electrons. The summed E-state index contributed by atoms with van der Waals surface area (Å²) in [4.78, 5) is 38.2. The van der Waals surface area contributed by atoms with E-state index in [9.17, 15) is 19.5 Å². The topological polar surface area (TPSA) is 86.7 Å². The lowest BCUT2D eigenvalue weighted by Crippen LogP contribution is -2.75. The van der Waals surface area contributed by atoms with Crippen LogP contribution in [0.1, 0.15) is 23.5 Å². The molecule has 2 N–H and O–H groups in total. The first-order chi connectivity index (χ1) is 10.7. The third-order valence-corrected chi connectivity index (χ3v) is 8.49. The van der Waals surface area contributed by atoms with Crippen LogP contribution in [0.3, 0.4) is 0 Å². The average molecular weight is 466 g/mol. The predicted octanol–water partition coefficient (Wildman–Crippen LogP) is 2.00. The number of amides is 2. The molecule has 0 bridgehead atoms. The highest BCUT2D eigenvalue weighted by atomic mass is 127. The highest BCUT2D eigenvalue weighted by molar-refractivity contribution is 14.1. The molecule has 2 aliphatic rings. The molecule has 2 fully saturated rings. The molecule has 1 aromatic rings. The van der Waals surface area contributed by atoms with Gasteiger partial charge in [0.2, 0.25) is 5.91 Å². The Morgan fingerprint density at radius 3 is 2.74 bits per heavy atom. The van der Waals surface area contributed by atoms with Gasteiger partial charge in [-0.2, -0.15) is 0 Å². The number of thiophene rings is 1. The maximum absolute atomic E-state index is 12.3. The summed E-state index contributed by atoms with van der Waals surface area (Å²) in [6.07, 6.45) is 0. The number of aliphatic carboxylic acids is 1. The highest BCUT2D eigenvalue weighted by Crippen LogP contribution is 2.51. The summed E-state index contributed by atoms with van der Waals surface area (Å²) in [6.45, 7) is 3.56. The number of carboxylic acid groups (broad SMARTS) is 1. The van der Waals surface area contributed by atoms with E-state index in [1.54, 1.807) is 26.0 Å². The predicted molar refractivity (Wildman–Crippen MR) is 96.8 cm³/mol. The molecule has 2 saturated heterocycles. The second-order valence-electron chi connectivity index (χ2n) is 5.78. The fraction of sp³-hybridized carbons (Fsp3) is 0.500. The molecule has 9 heteroatoms. The molecule has 2 aliphatic heterocycles. The number of thioether (sulfide) groups is 1. The van der Waals surface area contributed by atoms with Gasteiger partial charge in [-0.25, -0.2) is 4.79 Å². The van der Waals surface area contributed by atoms with Crippen LogP contribution in [0.2, 0.25) is 0 Å². The van der Waals surface area contributed by atoms with Crippen LogP contribution in [0, 0.1) is 5.92 Å². The Morgan fingerprint density at radius 2 is 2.17 bits per heavy atom. The molecular weight excluding hydrogens is 451 g/mol. The van der Waals surface area contributed by atoms with Crippen molar-refractivity contribution in [3.8, 4) is 0 Å².